The van der Waals surface area contributed by atoms with E-state index in [-0.39, 0.29) is 41.5 Å². The van der Waals surface area contributed by atoms with E-state index in [0.29, 0.717) is 12.0 Å². The van der Waals surface area contributed by atoms with E-state index < -0.39 is 7.55 Å². The molecule has 1 aliphatic carbocycles. The van der Waals surface area contributed by atoms with Crippen LogP contribution in [0.3, 0.4) is 0 Å². The van der Waals surface area contributed by atoms with Crippen LogP contribution in [0.25, 0.3) is 44.3 Å². The molecular weight excluding hydrogens is 646 g/mol. The van der Waals surface area contributed by atoms with Crippen LogP contribution >= 0.6 is 16.8 Å². The minimum absolute atomic E-state index is 0.00509. The Labute approximate surface area is 291 Å². The van der Waals surface area contributed by atoms with Crippen LogP contribution in [0, 0.1) is 11.8 Å². The number of carbonyl (C=O) groups is 2. The maximum atomic E-state index is 13.4. The standard InChI is InChI=1S/C39H45N6O2P2/c1-21(20-48)38(46)45-34-18-28(34)19-35(45)37-41-30-14-12-27(17-32(30)43-37)25-9-7-24(8-10-25)26-11-13-29-31(16-26)42-36(40-29)33-15-6-22(2)44(33)39(47)23(3)49(4)5/h7-14,16-17,21-23,28,33-35H,4,6,15,18-20,48H2,1-3,5H3,(H,40,42)(H,41,43)/q+1. The number of nitrogens with one attached hydrogen (secondary N) is 2. The summed E-state index contributed by atoms with van der Waals surface area (Å²) in [4.78, 5) is 47.9. The molecule has 3 fully saturated rings. The molecule has 1 saturated carbocycles. The molecule has 2 aromatic heterocycles. The molecule has 0 bridgehead atoms. The monoisotopic (exact) mass is 691 g/mol. The van der Waals surface area contributed by atoms with E-state index in [1.54, 1.807) is 0 Å². The summed E-state index contributed by atoms with van der Waals surface area (Å²) in [5, 5.41) is 0. The molecular formula is C39H45N6O2P2+. The summed E-state index contributed by atoms with van der Waals surface area (Å²) in [6.45, 7) is 8.24. The van der Waals surface area contributed by atoms with Gasteiger partial charge in [0.1, 0.15) is 11.6 Å². The van der Waals surface area contributed by atoms with Crippen molar-refractivity contribution in [3.05, 3.63) is 72.3 Å². The largest absolute Gasteiger partial charge is 0.340 e. The first-order valence-corrected chi connectivity index (χ1v) is 20.4. The number of piperidine rings is 1. The third-order valence-corrected chi connectivity index (χ3v) is 13.5. The van der Waals surface area contributed by atoms with Crippen LogP contribution in [0.5, 0.6) is 0 Å². The summed E-state index contributed by atoms with van der Waals surface area (Å²) < 4.78 is 0. The fraction of sp³-hybridized carbons (Fsp3) is 0.410. The predicted octanol–water partition coefficient (Wildman–Crippen LogP) is 7.93. The highest BCUT2D eigenvalue weighted by molar-refractivity contribution is 7.56. The topological polar surface area (TPSA) is 98.0 Å². The van der Waals surface area contributed by atoms with Gasteiger partial charge in [-0.3, -0.25) is 9.59 Å². The second-order valence-corrected chi connectivity index (χ2v) is 17.4. The van der Waals surface area contributed by atoms with E-state index >= 15 is 0 Å². The van der Waals surface area contributed by atoms with Gasteiger partial charge in [0.05, 0.1) is 54.7 Å². The van der Waals surface area contributed by atoms with Crippen LogP contribution in [-0.4, -0.2) is 78.4 Å². The number of H-pyrrole nitrogens is 2. The van der Waals surface area contributed by atoms with Crippen molar-refractivity contribution >= 4 is 57.0 Å². The first-order chi connectivity index (χ1) is 23.6. The predicted molar refractivity (Wildman–Crippen MR) is 204 cm³/mol. The second-order valence-electron chi connectivity index (χ2n) is 14.6. The molecule has 3 aromatic carbocycles. The van der Waals surface area contributed by atoms with Crippen molar-refractivity contribution in [2.45, 2.75) is 76.3 Å². The Hall–Kier alpha value is -3.86. The van der Waals surface area contributed by atoms with Gasteiger partial charge >= 0.3 is 0 Å². The number of amides is 2. The van der Waals surface area contributed by atoms with E-state index in [1.807, 2.05) is 18.7 Å². The lowest BCUT2D eigenvalue weighted by molar-refractivity contribution is -0.136. The zero-order chi connectivity index (χ0) is 34.1. The Kier molecular flexibility index (Phi) is 8.24. The van der Waals surface area contributed by atoms with E-state index in [0.717, 1.165) is 87.8 Å². The molecule has 49 heavy (non-hydrogen) atoms. The molecule has 8 nitrogen and oxygen atoms in total. The number of likely N-dealkylation sites (tertiary alicyclic amines) is 2. The number of nitrogens with zero attached hydrogens (tertiary/aromatic N) is 4. The molecule has 2 saturated heterocycles. The maximum absolute atomic E-state index is 13.4. The first kappa shape index (κ1) is 32.4. The molecule has 5 aromatic rings. The highest BCUT2D eigenvalue weighted by Gasteiger charge is 2.55. The van der Waals surface area contributed by atoms with Crippen molar-refractivity contribution in [3.8, 4) is 22.3 Å². The molecule has 4 heterocycles. The van der Waals surface area contributed by atoms with Crippen LogP contribution in [0.2, 0.25) is 0 Å². The third-order valence-electron chi connectivity index (χ3n) is 11.3. The van der Waals surface area contributed by atoms with Gasteiger partial charge in [-0.25, -0.2) is 9.97 Å². The lowest BCUT2D eigenvalue weighted by Gasteiger charge is -2.28. The number of hydrogen-bond acceptors (Lipinski definition) is 4. The summed E-state index contributed by atoms with van der Waals surface area (Å²) in [6.07, 6.45) is 8.96. The Morgan fingerprint density at radius 2 is 1.39 bits per heavy atom. The highest BCUT2D eigenvalue weighted by atomic mass is 31.1. The third kappa shape index (κ3) is 5.71. The maximum Gasteiger partial charge on any atom is 0.271 e. The fourth-order valence-corrected chi connectivity index (χ4v) is 8.70. The second kappa shape index (κ2) is 12.5. The molecule has 8 rings (SSSR count). The Balaban J connectivity index is 1.01. The molecule has 2 N–H and O–H groups in total. The van der Waals surface area contributed by atoms with Gasteiger partial charge in [0, 0.05) is 18.0 Å². The van der Waals surface area contributed by atoms with Gasteiger partial charge < -0.3 is 19.8 Å². The summed E-state index contributed by atoms with van der Waals surface area (Å²) in [7, 11) is 2.12. The van der Waals surface area contributed by atoms with Gasteiger partial charge in [-0.05, 0) is 98.1 Å². The van der Waals surface area contributed by atoms with Crippen LogP contribution in [-0.2, 0) is 9.59 Å². The number of hydrogen-bond donors (Lipinski definition) is 2. The minimum atomic E-state index is -0.595. The van der Waals surface area contributed by atoms with Gasteiger partial charge in [-0.1, -0.05) is 43.3 Å². The van der Waals surface area contributed by atoms with Gasteiger partial charge in [0.2, 0.25) is 5.91 Å². The zero-order valence-corrected chi connectivity index (χ0v) is 30.7. The smallest absolute Gasteiger partial charge is 0.271 e. The molecule has 10 heteroatoms. The number of fused-ring (bicyclic) bond motifs is 3. The summed E-state index contributed by atoms with van der Waals surface area (Å²) in [5.41, 5.74) is 8.26. The summed E-state index contributed by atoms with van der Waals surface area (Å²) in [6, 6.07) is 22.0. The van der Waals surface area contributed by atoms with E-state index in [4.69, 9.17) is 9.97 Å². The molecule has 2 aliphatic heterocycles. The number of aromatic nitrogens is 4. The lowest BCUT2D eigenvalue weighted by atomic mass is 10.00. The van der Waals surface area contributed by atoms with Crippen molar-refractivity contribution in [1.29, 1.82) is 0 Å². The Morgan fingerprint density at radius 3 is 1.94 bits per heavy atom. The SMILES string of the molecule is C=[P+](C)C(C)C(=O)N1C(C)CCC1c1nc2ccc(-c3ccc(-c4ccc5nc(C6CC7CC7N6C(=O)C(C)CP)[nH]c5c4)cc3)cc2[nH]1. The fourth-order valence-electron chi connectivity index (χ4n) is 7.99. The Morgan fingerprint density at radius 1 is 0.837 bits per heavy atom. The van der Waals surface area contributed by atoms with Crippen molar-refractivity contribution in [2.24, 2.45) is 11.8 Å². The van der Waals surface area contributed by atoms with Gasteiger partial charge in [0.25, 0.3) is 5.91 Å². The van der Waals surface area contributed by atoms with E-state index in [2.05, 4.69) is 105 Å². The van der Waals surface area contributed by atoms with Gasteiger partial charge in [-0.2, -0.15) is 0 Å². The van der Waals surface area contributed by atoms with Gasteiger partial charge in [0.15, 0.2) is 5.66 Å². The lowest BCUT2D eigenvalue weighted by Crippen LogP contribution is -2.40. The number of rotatable bonds is 8. The van der Waals surface area contributed by atoms with Crippen LogP contribution in [0.1, 0.15) is 70.2 Å². The quantitative estimate of drug-likeness (QED) is 0.162. The van der Waals surface area contributed by atoms with Gasteiger partial charge in [-0.15, -0.1) is 9.24 Å². The average molecular weight is 692 g/mol. The Bertz CT molecular complexity index is 2100. The summed E-state index contributed by atoms with van der Waals surface area (Å²) >= 11 is 0. The normalized spacial score (nSPS) is 24.8. The number of imidazole rings is 2. The van der Waals surface area contributed by atoms with Crippen LogP contribution in [0.15, 0.2) is 60.7 Å². The van der Waals surface area contributed by atoms with Crippen LogP contribution < -0.4 is 0 Å². The first-order valence-electron chi connectivity index (χ1n) is 17.6. The molecule has 0 spiro atoms. The molecule has 0 radical (unpaired) electrons. The molecule has 9 unspecified atom stereocenters. The van der Waals surface area contributed by atoms with E-state index in [9.17, 15) is 9.59 Å². The van der Waals surface area contributed by atoms with Crippen molar-refractivity contribution < 1.29 is 9.59 Å². The minimum Gasteiger partial charge on any atom is -0.340 e. The number of carbonyl (C=O) groups excluding carboxylic acids is 2. The molecule has 3 aliphatic rings. The zero-order valence-electron chi connectivity index (χ0n) is 28.7. The van der Waals surface area contributed by atoms with Crippen molar-refractivity contribution in [1.82, 2.24) is 29.7 Å². The van der Waals surface area contributed by atoms with Crippen molar-refractivity contribution in [2.75, 3.05) is 12.8 Å². The summed E-state index contributed by atoms with van der Waals surface area (Å²) in [5.74, 6) is 2.82. The van der Waals surface area contributed by atoms with Crippen molar-refractivity contribution in [3.63, 3.8) is 0 Å². The van der Waals surface area contributed by atoms with Crippen LogP contribution in [0.4, 0.5) is 0 Å². The number of benzene rings is 3. The molecule has 2 amide bonds. The highest BCUT2D eigenvalue weighted by Crippen LogP contribution is 2.53. The average Bonchev–Trinajstić information content (AvgIpc) is 3.50. The molecule has 252 valence electrons. The van der Waals surface area contributed by atoms with E-state index in [1.165, 1.54) is 0 Å². The molecule has 9 atom stereocenters. The number of aromatic amines is 2.